The summed E-state index contributed by atoms with van der Waals surface area (Å²) < 4.78 is 17.1. The summed E-state index contributed by atoms with van der Waals surface area (Å²) in [6, 6.07) is 0. The summed E-state index contributed by atoms with van der Waals surface area (Å²) in [5, 5.41) is 0.194. The van der Waals surface area contributed by atoms with E-state index in [2.05, 4.69) is 46.9 Å². The van der Waals surface area contributed by atoms with Crippen LogP contribution in [0.4, 0.5) is 0 Å². The number of rotatable bonds is 10. The molecule has 0 heterocycles. The Morgan fingerprint density at radius 2 is 1.63 bits per heavy atom. The molecule has 0 spiro atoms. The molecule has 0 saturated heterocycles. The standard InChI is InChI=1S/C29H48O5Si/c1-9-32-26(30)17-11-14-22(15-12-18-27(31)33-10-2)23-19-20-24-25(16-13-21-29(23,24)6)34-35(7,8)28(3,4)5/h11-12,14,17-18,23-25H,9-10,13,15-16,19-21H2,1-8H3/b17-11+,18-12+,22-14-/t23-,24?,25+,29-/m1/s1. The van der Waals surface area contributed by atoms with Crippen molar-refractivity contribution in [3.63, 3.8) is 0 Å². The van der Waals surface area contributed by atoms with E-state index in [0.717, 1.165) is 19.3 Å². The van der Waals surface area contributed by atoms with Gasteiger partial charge in [-0.2, -0.15) is 0 Å². The molecule has 4 atom stereocenters. The molecule has 0 amide bonds. The van der Waals surface area contributed by atoms with Crippen molar-refractivity contribution in [1.29, 1.82) is 0 Å². The van der Waals surface area contributed by atoms with Crippen molar-refractivity contribution in [3.05, 3.63) is 36.0 Å². The summed E-state index contributed by atoms with van der Waals surface area (Å²) in [6.07, 6.45) is 15.5. The quantitative estimate of drug-likeness (QED) is 0.137. The second kappa shape index (κ2) is 12.5. The fourth-order valence-corrected chi connectivity index (χ4v) is 7.07. The van der Waals surface area contributed by atoms with Crippen molar-refractivity contribution in [2.75, 3.05) is 13.2 Å². The maximum Gasteiger partial charge on any atom is 0.330 e. The Balaban J connectivity index is 2.29. The largest absolute Gasteiger partial charge is 0.463 e. The van der Waals surface area contributed by atoms with Crippen molar-refractivity contribution >= 4 is 20.3 Å². The second-order valence-electron chi connectivity index (χ2n) is 11.8. The predicted octanol–water partition coefficient (Wildman–Crippen LogP) is 7.15. The van der Waals surface area contributed by atoms with Crippen molar-refractivity contribution in [3.8, 4) is 0 Å². The van der Waals surface area contributed by atoms with E-state index in [1.54, 1.807) is 13.0 Å². The number of ether oxygens (including phenoxy) is 2. The second-order valence-corrected chi connectivity index (χ2v) is 16.5. The van der Waals surface area contributed by atoms with Crippen LogP contribution in [0.5, 0.6) is 0 Å². The molecular weight excluding hydrogens is 456 g/mol. The van der Waals surface area contributed by atoms with Crippen molar-refractivity contribution in [1.82, 2.24) is 0 Å². The lowest BCUT2D eigenvalue weighted by atomic mass is 9.62. The molecule has 0 aliphatic heterocycles. The van der Waals surface area contributed by atoms with E-state index >= 15 is 0 Å². The summed E-state index contributed by atoms with van der Waals surface area (Å²) >= 11 is 0. The first-order valence-electron chi connectivity index (χ1n) is 13.4. The number of carbonyl (C=O) groups is 2. The molecule has 5 nitrogen and oxygen atoms in total. The SMILES string of the molecule is CCOC(=O)/C=C/C=C(/C/C=C/C(=O)OCC)[C@H]1CCC2[C@@H](O[Si](C)(C)C(C)(C)C)CCC[C@@]21C. The van der Waals surface area contributed by atoms with E-state index in [4.69, 9.17) is 13.9 Å². The summed E-state index contributed by atoms with van der Waals surface area (Å²) in [5.41, 5.74) is 1.40. The minimum absolute atomic E-state index is 0.145. The van der Waals surface area contributed by atoms with Crippen LogP contribution >= 0.6 is 0 Å². The van der Waals surface area contributed by atoms with Gasteiger partial charge in [-0.1, -0.05) is 57.9 Å². The fraction of sp³-hybridized carbons (Fsp3) is 0.724. The predicted molar refractivity (Wildman–Crippen MR) is 144 cm³/mol. The lowest BCUT2D eigenvalue weighted by Gasteiger charge is -2.49. The highest BCUT2D eigenvalue weighted by Gasteiger charge is 2.54. The van der Waals surface area contributed by atoms with Crippen LogP contribution in [0.2, 0.25) is 18.1 Å². The Bertz CT molecular complexity index is 819. The third kappa shape index (κ3) is 7.66. The Labute approximate surface area is 214 Å². The van der Waals surface area contributed by atoms with Crippen LogP contribution in [0.15, 0.2) is 36.0 Å². The van der Waals surface area contributed by atoms with Crippen LogP contribution < -0.4 is 0 Å². The van der Waals surface area contributed by atoms with Gasteiger partial charge in [-0.05, 0) is 81.3 Å². The molecule has 198 valence electrons. The number of hydrogen-bond donors (Lipinski definition) is 0. The van der Waals surface area contributed by atoms with Crippen molar-refractivity contribution in [2.24, 2.45) is 17.3 Å². The van der Waals surface area contributed by atoms with Gasteiger partial charge >= 0.3 is 11.9 Å². The van der Waals surface area contributed by atoms with E-state index in [1.807, 2.05) is 13.0 Å². The molecule has 0 bridgehead atoms. The van der Waals surface area contributed by atoms with Crippen LogP contribution in [0.3, 0.4) is 0 Å². The third-order valence-electron chi connectivity index (χ3n) is 8.49. The van der Waals surface area contributed by atoms with Crippen LogP contribution in [-0.4, -0.2) is 39.6 Å². The zero-order chi connectivity index (χ0) is 26.3. The van der Waals surface area contributed by atoms with Crippen LogP contribution in [0, 0.1) is 17.3 Å². The maximum atomic E-state index is 11.9. The Kier molecular flexibility index (Phi) is 10.6. The summed E-state index contributed by atoms with van der Waals surface area (Å²) in [4.78, 5) is 23.7. The number of hydrogen-bond acceptors (Lipinski definition) is 5. The van der Waals surface area contributed by atoms with Gasteiger partial charge in [0.1, 0.15) is 0 Å². The molecule has 0 radical (unpaired) electrons. The summed E-state index contributed by atoms with van der Waals surface area (Å²) in [5.74, 6) is 0.268. The van der Waals surface area contributed by atoms with Gasteiger partial charge in [0.15, 0.2) is 8.32 Å². The Morgan fingerprint density at radius 3 is 2.23 bits per heavy atom. The first kappa shape index (κ1) is 29.6. The molecule has 6 heteroatoms. The van der Waals surface area contributed by atoms with Crippen LogP contribution in [0.1, 0.15) is 80.1 Å². The minimum Gasteiger partial charge on any atom is -0.463 e. The number of esters is 2. The minimum atomic E-state index is -1.86. The van der Waals surface area contributed by atoms with E-state index < -0.39 is 8.32 Å². The molecule has 2 rings (SSSR count). The Hall–Kier alpha value is -1.66. The van der Waals surface area contributed by atoms with Gasteiger partial charge in [0, 0.05) is 18.3 Å². The Morgan fingerprint density at radius 1 is 1.00 bits per heavy atom. The van der Waals surface area contributed by atoms with Gasteiger partial charge in [0.25, 0.3) is 0 Å². The van der Waals surface area contributed by atoms with E-state index in [9.17, 15) is 9.59 Å². The summed E-state index contributed by atoms with van der Waals surface area (Å²) in [6.45, 7) is 18.4. The molecule has 0 aromatic carbocycles. The average molecular weight is 505 g/mol. The molecule has 2 saturated carbocycles. The monoisotopic (exact) mass is 504 g/mol. The van der Waals surface area contributed by atoms with Crippen LogP contribution in [0.25, 0.3) is 0 Å². The normalized spacial score (nSPS) is 27.9. The van der Waals surface area contributed by atoms with Crippen molar-refractivity contribution in [2.45, 2.75) is 104 Å². The van der Waals surface area contributed by atoms with Gasteiger partial charge in [0.2, 0.25) is 0 Å². The highest BCUT2D eigenvalue weighted by Crippen LogP contribution is 2.59. The third-order valence-corrected chi connectivity index (χ3v) is 13.0. The lowest BCUT2D eigenvalue weighted by Crippen LogP contribution is -2.50. The van der Waals surface area contributed by atoms with Gasteiger partial charge in [-0.25, -0.2) is 9.59 Å². The molecule has 1 unspecified atom stereocenters. The molecular formula is C29H48O5Si. The van der Waals surface area contributed by atoms with Gasteiger partial charge in [-0.15, -0.1) is 0 Å². The molecule has 2 fully saturated rings. The number of fused-ring (bicyclic) bond motifs is 1. The molecule has 0 aromatic heterocycles. The molecule has 2 aliphatic rings. The topological polar surface area (TPSA) is 61.8 Å². The van der Waals surface area contributed by atoms with E-state index in [0.29, 0.717) is 37.6 Å². The fourth-order valence-electron chi connectivity index (χ4n) is 5.67. The average Bonchev–Trinajstić information content (AvgIpc) is 3.10. The van der Waals surface area contributed by atoms with Gasteiger partial charge in [-0.3, -0.25) is 0 Å². The van der Waals surface area contributed by atoms with E-state index in [1.165, 1.54) is 30.6 Å². The maximum absolute atomic E-state index is 11.9. The van der Waals surface area contributed by atoms with E-state index in [-0.39, 0.29) is 22.4 Å². The molecule has 35 heavy (non-hydrogen) atoms. The first-order valence-corrected chi connectivity index (χ1v) is 16.3. The van der Waals surface area contributed by atoms with Crippen LogP contribution in [-0.2, 0) is 23.5 Å². The number of carbonyl (C=O) groups excluding carboxylic acids is 2. The van der Waals surface area contributed by atoms with Gasteiger partial charge < -0.3 is 13.9 Å². The number of allylic oxidation sites excluding steroid dienone is 4. The van der Waals surface area contributed by atoms with Gasteiger partial charge in [0.05, 0.1) is 13.2 Å². The first-order chi connectivity index (χ1) is 16.4. The highest BCUT2D eigenvalue weighted by atomic mass is 28.4. The summed E-state index contributed by atoms with van der Waals surface area (Å²) in [7, 11) is -1.86. The smallest absolute Gasteiger partial charge is 0.330 e. The highest BCUT2D eigenvalue weighted by molar-refractivity contribution is 6.74. The molecule has 2 aliphatic carbocycles. The zero-order valence-electron chi connectivity index (χ0n) is 23.3. The lowest BCUT2D eigenvalue weighted by molar-refractivity contribution is -0.138. The zero-order valence-corrected chi connectivity index (χ0v) is 24.3. The molecule has 0 aromatic rings. The van der Waals surface area contributed by atoms with Crippen molar-refractivity contribution < 1.29 is 23.5 Å². The molecule has 0 N–H and O–H groups in total.